The zero-order chi connectivity index (χ0) is 23.1. The van der Waals surface area contributed by atoms with Crippen molar-refractivity contribution in [1.82, 2.24) is 4.57 Å². The quantitative estimate of drug-likeness (QED) is 0.281. The molecule has 2 N–H and O–H groups in total. The van der Waals surface area contributed by atoms with E-state index in [1.54, 1.807) is 6.07 Å². The Morgan fingerprint density at radius 2 is 1.47 bits per heavy atom. The van der Waals surface area contributed by atoms with Crippen molar-refractivity contribution < 1.29 is 19.4 Å². The molecule has 4 rings (SSSR count). The monoisotopic (exact) mass is 499 g/mol. The number of hydrogen-bond donors (Lipinski definition) is 2. The third-order valence-corrected chi connectivity index (χ3v) is 7.56. The van der Waals surface area contributed by atoms with Crippen LogP contribution >= 0.6 is 15.9 Å². The van der Waals surface area contributed by atoms with Gasteiger partial charge in [0, 0.05) is 33.7 Å². The molecule has 0 bridgehead atoms. The van der Waals surface area contributed by atoms with Crippen molar-refractivity contribution >= 4 is 62.9 Å². The molecule has 5 nitrogen and oxygen atoms in total. The minimum Gasteiger partial charge on any atom is -0.423 e. The third kappa shape index (κ3) is 4.40. The summed E-state index contributed by atoms with van der Waals surface area (Å²) in [5.74, 6) is 0. The summed E-state index contributed by atoms with van der Waals surface area (Å²) >= 11 is 3.51. The lowest BCUT2D eigenvalue weighted by molar-refractivity contribution is 0.00578. The summed E-state index contributed by atoms with van der Waals surface area (Å²) in [6.07, 6.45) is 4.60. The standard InChI is InChI=1S/C24H32B2BrNO4/c1-23(2)24(3,4)32-26(31-23)18-10-12-20-19-11-9-17(25(29)30)15-21(19)28(22(20)16-18)14-8-6-5-7-13-27/h9-12,15-16,29-30H,5-8,13-14H2,1-4H3. The van der Waals surface area contributed by atoms with Crippen LogP contribution in [-0.4, -0.2) is 45.4 Å². The van der Waals surface area contributed by atoms with E-state index in [9.17, 15) is 10.0 Å². The molecule has 1 saturated heterocycles. The number of hydrogen-bond acceptors (Lipinski definition) is 4. The van der Waals surface area contributed by atoms with Gasteiger partial charge in [-0.05, 0) is 63.6 Å². The Labute approximate surface area is 199 Å². The molecule has 32 heavy (non-hydrogen) atoms. The molecular formula is C24H32B2BrNO4. The molecule has 1 aromatic heterocycles. The molecule has 0 saturated carbocycles. The fraction of sp³-hybridized carbons (Fsp3) is 0.500. The van der Waals surface area contributed by atoms with E-state index < -0.39 is 14.2 Å². The van der Waals surface area contributed by atoms with Gasteiger partial charge in [0.25, 0.3) is 0 Å². The second-order valence-electron chi connectivity index (χ2n) is 9.77. The number of halogens is 1. The van der Waals surface area contributed by atoms with Crippen LogP contribution in [-0.2, 0) is 15.9 Å². The minimum absolute atomic E-state index is 0.388. The van der Waals surface area contributed by atoms with Crippen LogP contribution in [0.4, 0.5) is 0 Å². The van der Waals surface area contributed by atoms with E-state index in [1.165, 1.54) is 12.8 Å². The largest absolute Gasteiger partial charge is 0.494 e. The highest BCUT2D eigenvalue weighted by molar-refractivity contribution is 9.09. The lowest BCUT2D eigenvalue weighted by Gasteiger charge is -2.32. The first-order chi connectivity index (χ1) is 15.1. The van der Waals surface area contributed by atoms with Gasteiger partial charge in [-0.3, -0.25) is 0 Å². The molecule has 0 amide bonds. The Kier molecular flexibility index (Phi) is 6.81. The number of fused-ring (bicyclic) bond motifs is 3. The van der Waals surface area contributed by atoms with Crippen LogP contribution in [0.15, 0.2) is 36.4 Å². The van der Waals surface area contributed by atoms with Crippen molar-refractivity contribution in [2.24, 2.45) is 0 Å². The molecule has 2 aromatic carbocycles. The van der Waals surface area contributed by atoms with Gasteiger partial charge in [0.1, 0.15) is 0 Å². The van der Waals surface area contributed by atoms with Crippen LogP contribution in [0, 0.1) is 0 Å². The van der Waals surface area contributed by atoms with Crippen LogP contribution in [0.25, 0.3) is 21.8 Å². The first-order valence-electron chi connectivity index (χ1n) is 11.5. The number of benzene rings is 2. The van der Waals surface area contributed by atoms with Crippen LogP contribution in [0.2, 0.25) is 0 Å². The van der Waals surface area contributed by atoms with Gasteiger partial charge in [0.15, 0.2) is 0 Å². The summed E-state index contributed by atoms with van der Waals surface area (Å²) in [7, 11) is -1.89. The third-order valence-electron chi connectivity index (χ3n) is 7.00. The minimum atomic E-state index is -1.48. The van der Waals surface area contributed by atoms with E-state index >= 15 is 0 Å². The molecule has 0 aliphatic carbocycles. The predicted octanol–water partition coefficient (Wildman–Crippen LogP) is 3.73. The Morgan fingerprint density at radius 1 is 0.875 bits per heavy atom. The number of unbranched alkanes of at least 4 members (excludes halogenated alkanes) is 3. The van der Waals surface area contributed by atoms with E-state index in [4.69, 9.17) is 9.31 Å². The molecule has 0 spiro atoms. The number of nitrogens with zero attached hydrogens (tertiary/aromatic N) is 1. The van der Waals surface area contributed by atoms with Gasteiger partial charge in [-0.2, -0.15) is 0 Å². The second kappa shape index (κ2) is 9.15. The highest BCUT2D eigenvalue weighted by Gasteiger charge is 2.51. The van der Waals surface area contributed by atoms with Crippen LogP contribution in [0.3, 0.4) is 0 Å². The summed E-state index contributed by atoms with van der Waals surface area (Å²) < 4.78 is 14.9. The van der Waals surface area contributed by atoms with Crippen LogP contribution in [0.5, 0.6) is 0 Å². The number of alkyl halides is 1. The SMILES string of the molecule is CC1(C)OB(c2ccc3c4ccc(B(O)O)cc4n(CCCCCCBr)c3c2)OC1(C)C. The number of aromatic nitrogens is 1. The highest BCUT2D eigenvalue weighted by atomic mass is 79.9. The fourth-order valence-electron chi connectivity index (χ4n) is 4.37. The molecule has 170 valence electrons. The Morgan fingerprint density at radius 3 is 2.09 bits per heavy atom. The summed E-state index contributed by atoms with van der Waals surface area (Å²) in [4.78, 5) is 0. The molecular weight excluding hydrogens is 468 g/mol. The zero-order valence-electron chi connectivity index (χ0n) is 19.4. The first-order valence-corrected chi connectivity index (χ1v) is 12.6. The number of rotatable bonds is 8. The van der Waals surface area contributed by atoms with Gasteiger partial charge >= 0.3 is 14.2 Å². The van der Waals surface area contributed by atoms with Crippen molar-refractivity contribution in [3.63, 3.8) is 0 Å². The summed E-state index contributed by atoms with van der Waals surface area (Å²) in [6, 6.07) is 12.1. The summed E-state index contributed by atoms with van der Waals surface area (Å²) in [6.45, 7) is 9.14. The van der Waals surface area contributed by atoms with Crippen LogP contribution in [0.1, 0.15) is 53.4 Å². The van der Waals surface area contributed by atoms with E-state index in [2.05, 4.69) is 66.4 Å². The smallest absolute Gasteiger partial charge is 0.423 e. The molecule has 2 heterocycles. The maximum atomic E-state index is 9.72. The van der Waals surface area contributed by atoms with Gasteiger partial charge in [-0.15, -0.1) is 0 Å². The predicted molar refractivity (Wildman–Crippen MR) is 137 cm³/mol. The van der Waals surface area contributed by atoms with E-state index in [0.29, 0.717) is 5.46 Å². The Balaban J connectivity index is 1.76. The molecule has 0 unspecified atom stereocenters. The van der Waals surface area contributed by atoms with Gasteiger partial charge < -0.3 is 23.9 Å². The lowest BCUT2D eigenvalue weighted by Crippen LogP contribution is -2.41. The van der Waals surface area contributed by atoms with Gasteiger partial charge in [0.05, 0.1) is 11.2 Å². The van der Waals surface area contributed by atoms with E-state index in [1.807, 2.05) is 12.1 Å². The molecule has 1 fully saturated rings. The summed E-state index contributed by atoms with van der Waals surface area (Å²) in [5.41, 5.74) is 2.88. The topological polar surface area (TPSA) is 63.8 Å². The maximum Gasteiger partial charge on any atom is 0.494 e. The van der Waals surface area contributed by atoms with Crippen molar-refractivity contribution in [2.45, 2.75) is 71.1 Å². The Hall–Kier alpha value is -1.31. The second-order valence-corrected chi connectivity index (χ2v) is 10.6. The average Bonchev–Trinajstić information content (AvgIpc) is 3.16. The van der Waals surface area contributed by atoms with Gasteiger partial charge in [0.2, 0.25) is 0 Å². The van der Waals surface area contributed by atoms with Crippen molar-refractivity contribution in [2.75, 3.05) is 5.33 Å². The normalized spacial score (nSPS) is 17.5. The fourth-order valence-corrected chi connectivity index (χ4v) is 4.77. The molecule has 1 aliphatic heterocycles. The average molecular weight is 500 g/mol. The van der Waals surface area contributed by atoms with E-state index in [-0.39, 0.29) is 11.2 Å². The van der Waals surface area contributed by atoms with Crippen molar-refractivity contribution in [3.05, 3.63) is 36.4 Å². The number of aryl methyl sites for hydroxylation is 1. The summed E-state index contributed by atoms with van der Waals surface area (Å²) in [5, 5.41) is 22.7. The lowest BCUT2D eigenvalue weighted by atomic mass is 9.78. The van der Waals surface area contributed by atoms with Gasteiger partial charge in [-0.25, -0.2) is 0 Å². The van der Waals surface area contributed by atoms with Gasteiger partial charge in [-0.1, -0.05) is 53.0 Å². The van der Waals surface area contributed by atoms with Crippen molar-refractivity contribution in [3.8, 4) is 0 Å². The van der Waals surface area contributed by atoms with Crippen LogP contribution < -0.4 is 10.9 Å². The zero-order valence-corrected chi connectivity index (χ0v) is 21.0. The molecule has 0 atom stereocenters. The molecule has 3 aromatic rings. The Bertz CT molecular complexity index is 1100. The first kappa shape index (κ1) is 23.8. The van der Waals surface area contributed by atoms with E-state index in [0.717, 1.165) is 52.0 Å². The molecule has 1 aliphatic rings. The molecule has 8 heteroatoms. The van der Waals surface area contributed by atoms with Crippen molar-refractivity contribution in [1.29, 1.82) is 0 Å². The molecule has 0 radical (unpaired) electrons. The maximum absolute atomic E-state index is 9.72. The highest BCUT2D eigenvalue weighted by Crippen LogP contribution is 2.37.